The molecule has 0 aliphatic carbocycles. The molecule has 80 valence electrons. The lowest BCUT2D eigenvalue weighted by Crippen LogP contribution is -2.07. The van der Waals surface area contributed by atoms with Gasteiger partial charge in [-0.3, -0.25) is 0 Å². The Labute approximate surface area is 86.2 Å². The Morgan fingerprint density at radius 2 is 2.07 bits per heavy atom. The molecule has 1 aromatic rings. The number of halogens is 2. The van der Waals surface area contributed by atoms with E-state index in [9.17, 15) is 13.6 Å². The molecule has 0 heterocycles. The van der Waals surface area contributed by atoms with Crippen molar-refractivity contribution in [3.05, 3.63) is 47.5 Å². The summed E-state index contributed by atoms with van der Waals surface area (Å²) in [5, 5.41) is 0. The van der Waals surface area contributed by atoms with E-state index in [1.807, 2.05) is 0 Å². The van der Waals surface area contributed by atoms with Crippen LogP contribution in [0.3, 0.4) is 0 Å². The van der Waals surface area contributed by atoms with Gasteiger partial charge in [-0.15, -0.1) is 0 Å². The van der Waals surface area contributed by atoms with Gasteiger partial charge in [-0.05, 0) is 30.7 Å². The third-order valence-electron chi connectivity index (χ3n) is 1.60. The fraction of sp³-hybridized carbons (Fsp3) is 0.182. The van der Waals surface area contributed by atoms with Crippen LogP contribution in [0.4, 0.5) is 8.78 Å². The molecule has 1 rings (SSSR count). The lowest BCUT2D eigenvalue weighted by molar-refractivity contribution is 0.0539. The molecule has 0 aromatic heterocycles. The minimum atomic E-state index is -1.07. The molecule has 4 heteroatoms. The molecule has 1 aromatic carbocycles. The number of benzene rings is 1. The fourth-order valence-corrected chi connectivity index (χ4v) is 0.895. The highest BCUT2D eigenvalue weighted by Gasteiger charge is 2.10. The Balaban J connectivity index is 2.74. The smallest absolute Gasteiger partial charge is 0.338 e. The number of carbonyl (C=O) groups is 1. The van der Waals surface area contributed by atoms with Gasteiger partial charge < -0.3 is 4.74 Å². The molecule has 2 nitrogen and oxygen atoms in total. The highest BCUT2D eigenvalue weighted by Crippen LogP contribution is 2.10. The topological polar surface area (TPSA) is 26.3 Å². The summed E-state index contributed by atoms with van der Waals surface area (Å²) in [6.45, 7) is 5.30. The number of hydrogen-bond donors (Lipinski definition) is 0. The second-order valence-corrected chi connectivity index (χ2v) is 3.16. The first-order valence-corrected chi connectivity index (χ1v) is 4.27. The molecule has 0 spiro atoms. The lowest BCUT2D eigenvalue weighted by Gasteiger charge is -2.04. The summed E-state index contributed by atoms with van der Waals surface area (Å²) in [6.07, 6.45) is 0. The van der Waals surface area contributed by atoms with Crippen LogP contribution in [-0.4, -0.2) is 12.6 Å². The van der Waals surface area contributed by atoms with Gasteiger partial charge in [-0.25, -0.2) is 13.6 Å². The van der Waals surface area contributed by atoms with E-state index in [1.165, 1.54) is 6.07 Å². The van der Waals surface area contributed by atoms with Crippen LogP contribution < -0.4 is 0 Å². The molecule has 0 unspecified atom stereocenters. The molecule has 15 heavy (non-hydrogen) atoms. The number of hydrogen-bond acceptors (Lipinski definition) is 2. The van der Waals surface area contributed by atoms with E-state index in [1.54, 1.807) is 6.92 Å². The van der Waals surface area contributed by atoms with Crippen LogP contribution >= 0.6 is 0 Å². The van der Waals surface area contributed by atoms with Crippen molar-refractivity contribution in [2.75, 3.05) is 6.61 Å². The van der Waals surface area contributed by atoms with Gasteiger partial charge in [-0.2, -0.15) is 0 Å². The Morgan fingerprint density at radius 1 is 1.40 bits per heavy atom. The van der Waals surface area contributed by atoms with Gasteiger partial charge in [0, 0.05) is 0 Å². The zero-order valence-electron chi connectivity index (χ0n) is 8.22. The Morgan fingerprint density at radius 3 is 2.60 bits per heavy atom. The average molecular weight is 212 g/mol. The molecule has 0 saturated carbocycles. The molecule has 0 N–H and O–H groups in total. The molecule has 0 bridgehead atoms. The predicted octanol–water partition coefficient (Wildman–Crippen LogP) is 2.70. The van der Waals surface area contributed by atoms with Gasteiger partial charge in [0.15, 0.2) is 11.6 Å². The third kappa shape index (κ3) is 3.16. The number of rotatable bonds is 3. The largest absolute Gasteiger partial charge is 0.458 e. The first-order valence-electron chi connectivity index (χ1n) is 4.27. The van der Waals surface area contributed by atoms with Gasteiger partial charge in [-0.1, -0.05) is 6.58 Å². The summed E-state index contributed by atoms with van der Waals surface area (Å²) in [7, 11) is 0. The summed E-state index contributed by atoms with van der Waals surface area (Å²) in [6, 6.07) is 2.85. The van der Waals surface area contributed by atoms with Crippen LogP contribution in [0.25, 0.3) is 0 Å². The second-order valence-electron chi connectivity index (χ2n) is 3.16. The first-order chi connectivity index (χ1) is 7.00. The second kappa shape index (κ2) is 4.68. The normalized spacial score (nSPS) is 9.80. The Bertz CT molecular complexity index is 400. The van der Waals surface area contributed by atoms with Crippen molar-refractivity contribution in [2.24, 2.45) is 0 Å². The molecule has 0 aliphatic heterocycles. The van der Waals surface area contributed by atoms with E-state index in [4.69, 9.17) is 4.74 Å². The minimum absolute atomic E-state index is 0.0184. The Kier molecular flexibility index (Phi) is 3.55. The quantitative estimate of drug-likeness (QED) is 0.568. The molecule has 0 amide bonds. The third-order valence-corrected chi connectivity index (χ3v) is 1.60. The number of esters is 1. The summed E-state index contributed by atoms with van der Waals surface area (Å²) >= 11 is 0. The van der Waals surface area contributed by atoms with Crippen molar-refractivity contribution >= 4 is 5.97 Å². The molecular formula is C11H10F2O2. The zero-order valence-corrected chi connectivity index (χ0v) is 8.22. The summed E-state index contributed by atoms with van der Waals surface area (Å²) in [5.41, 5.74) is 0.654. The molecule has 0 fully saturated rings. The lowest BCUT2D eigenvalue weighted by atomic mass is 10.2. The van der Waals surface area contributed by atoms with Crippen molar-refractivity contribution in [1.82, 2.24) is 0 Å². The van der Waals surface area contributed by atoms with E-state index < -0.39 is 17.6 Å². The van der Waals surface area contributed by atoms with E-state index in [0.717, 1.165) is 12.1 Å². The maximum Gasteiger partial charge on any atom is 0.338 e. The molecule has 0 aliphatic rings. The molecule has 0 atom stereocenters. The van der Waals surface area contributed by atoms with Crippen molar-refractivity contribution in [1.29, 1.82) is 0 Å². The fourth-order valence-electron chi connectivity index (χ4n) is 0.895. The summed E-state index contributed by atoms with van der Waals surface area (Å²) in [4.78, 5) is 11.3. The van der Waals surface area contributed by atoms with Crippen molar-refractivity contribution in [3.63, 3.8) is 0 Å². The highest BCUT2D eigenvalue weighted by atomic mass is 19.2. The van der Waals surface area contributed by atoms with E-state index in [0.29, 0.717) is 5.57 Å². The van der Waals surface area contributed by atoms with Crippen LogP contribution in [-0.2, 0) is 4.74 Å². The van der Waals surface area contributed by atoms with Gasteiger partial charge >= 0.3 is 5.97 Å². The zero-order chi connectivity index (χ0) is 11.4. The van der Waals surface area contributed by atoms with E-state index in [-0.39, 0.29) is 12.2 Å². The minimum Gasteiger partial charge on any atom is -0.458 e. The van der Waals surface area contributed by atoms with Crippen molar-refractivity contribution in [3.8, 4) is 0 Å². The van der Waals surface area contributed by atoms with Crippen molar-refractivity contribution in [2.45, 2.75) is 6.92 Å². The number of ether oxygens (including phenoxy) is 1. The van der Waals surface area contributed by atoms with Crippen LogP contribution in [0, 0.1) is 11.6 Å². The van der Waals surface area contributed by atoms with Crippen LogP contribution in [0.15, 0.2) is 30.4 Å². The summed E-state index contributed by atoms with van der Waals surface area (Å²) < 4.78 is 30.0. The number of carbonyl (C=O) groups excluding carboxylic acids is 1. The highest BCUT2D eigenvalue weighted by molar-refractivity contribution is 5.89. The van der Waals surface area contributed by atoms with E-state index in [2.05, 4.69) is 6.58 Å². The molecule has 0 radical (unpaired) electrons. The monoisotopic (exact) mass is 212 g/mol. The SMILES string of the molecule is C=C(C)COC(=O)c1ccc(F)c(F)c1. The van der Waals surface area contributed by atoms with Crippen LogP contribution in [0.5, 0.6) is 0 Å². The Hall–Kier alpha value is -1.71. The maximum absolute atomic E-state index is 12.7. The predicted molar refractivity (Wildman–Crippen MR) is 51.5 cm³/mol. The van der Waals surface area contributed by atoms with Gasteiger partial charge in [0.2, 0.25) is 0 Å². The first kappa shape index (κ1) is 11.4. The van der Waals surface area contributed by atoms with Gasteiger partial charge in [0.25, 0.3) is 0 Å². The van der Waals surface area contributed by atoms with Gasteiger partial charge in [0.05, 0.1) is 5.56 Å². The standard InChI is InChI=1S/C11H10F2O2/c1-7(2)6-15-11(14)8-3-4-9(12)10(13)5-8/h3-5H,1,6H2,2H3. The van der Waals surface area contributed by atoms with Gasteiger partial charge in [0.1, 0.15) is 6.61 Å². The summed E-state index contributed by atoms with van der Waals surface area (Å²) in [5.74, 6) is -2.76. The van der Waals surface area contributed by atoms with Crippen molar-refractivity contribution < 1.29 is 18.3 Å². The molecule has 0 saturated heterocycles. The van der Waals surface area contributed by atoms with Crippen LogP contribution in [0.2, 0.25) is 0 Å². The maximum atomic E-state index is 12.7. The van der Waals surface area contributed by atoms with E-state index >= 15 is 0 Å². The van der Waals surface area contributed by atoms with Crippen LogP contribution in [0.1, 0.15) is 17.3 Å². The molecular weight excluding hydrogens is 202 g/mol. The average Bonchev–Trinajstić information content (AvgIpc) is 2.18.